The largest absolute Gasteiger partial charge is 0.274 e. The summed E-state index contributed by atoms with van der Waals surface area (Å²) >= 11 is 12.3. The lowest BCUT2D eigenvalue weighted by atomic mass is 10.6. The van der Waals surface area contributed by atoms with E-state index in [0.29, 0.717) is 5.01 Å². The van der Waals surface area contributed by atoms with Gasteiger partial charge in [0.25, 0.3) is 10.0 Å². The summed E-state index contributed by atoms with van der Waals surface area (Å²) in [6.07, 6.45) is 1.27. The van der Waals surface area contributed by atoms with Crippen molar-refractivity contribution in [3.05, 3.63) is 27.7 Å². The summed E-state index contributed by atoms with van der Waals surface area (Å²) in [5.41, 5.74) is 0. The van der Waals surface area contributed by atoms with Crippen LogP contribution in [0.3, 0.4) is 0 Å². The van der Waals surface area contributed by atoms with E-state index in [1.54, 1.807) is 6.92 Å². The maximum atomic E-state index is 12.0. The van der Waals surface area contributed by atoms with E-state index in [2.05, 4.69) is 19.7 Å². The number of halogens is 2. The van der Waals surface area contributed by atoms with E-state index in [4.69, 9.17) is 23.2 Å². The molecular weight excluding hydrogens is 319 g/mol. The number of nitrogens with zero attached hydrogens (tertiary/aromatic N) is 3. The molecule has 2 heterocycles. The highest BCUT2D eigenvalue weighted by Gasteiger charge is 2.18. The fourth-order valence-electron chi connectivity index (χ4n) is 1.10. The Balaban J connectivity index is 2.33. The maximum Gasteiger partial charge on any atom is 0.274 e. The fraction of sp³-hybridized carbons (Fsp3) is 0.125. The Hall–Kier alpha value is -0.960. The summed E-state index contributed by atoms with van der Waals surface area (Å²) in [7, 11) is -3.73. The van der Waals surface area contributed by atoms with Crippen LogP contribution in [0.5, 0.6) is 0 Å². The van der Waals surface area contributed by atoms with Gasteiger partial charge in [0.05, 0.1) is 11.2 Å². The van der Waals surface area contributed by atoms with Gasteiger partial charge in [-0.25, -0.2) is 18.4 Å². The van der Waals surface area contributed by atoms with Gasteiger partial charge >= 0.3 is 0 Å². The molecule has 0 unspecified atom stereocenters. The molecule has 0 fully saturated rings. The minimum Gasteiger partial charge on any atom is -0.262 e. The number of thiazole rings is 1. The highest BCUT2D eigenvalue weighted by atomic mass is 35.5. The molecular formula is C8H6Cl2N4O2S2. The third kappa shape index (κ3) is 3.08. The summed E-state index contributed by atoms with van der Waals surface area (Å²) in [4.78, 5) is 11.2. The van der Waals surface area contributed by atoms with Crippen molar-refractivity contribution < 1.29 is 8.42 Å². The number of hydrogen-bond donors (Lipinski definition) is 1. The smallest absolute Gasteiger partial charge is 0.262 e. The Morgan fingerprint density at radius 3 is 2.61 bits per heavy atom. The highest BCUT2D eigenvalue weighted by Crippen LogP contribution is 2.22. The van der Waals surface area contributed by atoms with Gasteiger partial charge in [0.1, 0.15) is 11.0 Å². The molecule has 0 atom stereocenters. The van der Waals surface area contributed by atoms with Gasteiger partial charge in [0.2, 0.25) is 5.28 Å². The minimum atomic E-state index is -3.73. The molecule has 2 aromatic rings. The summed E-state index contributed by atoms with van der Waals surface area (Å²) in [6.45, 7) is 1.71. The molecule has 0 spiro atoms. The molecule has 2 aromatic heterocycles. The predicted molar refractivity (Wildman–Crippen MR) is 69.7 cm³/mol. The van der Waals surface area contributed by atoms with Crippen molar-refractivity contribution in [1.82, 2.24) is 15.0 Å². The number of nitrogens with one attached hydrogen (secondary N) is 1. The predicted octanol–water partition coefficient (Wildman–Crippen LogP) is 2.35. The van der Waals surface area contributed by atoms with Crippen LogP contribution in [-0.4, -0.2) is 23.4 Å². The molecule has 0 saturated heterocycles. The molecule has 0 radical (unpaired) electrons. The van der Waals surface area contributed by atoms with Crippen molar-refractivity contribution in [2.45, 2.75) is 11.1 Å². The second-order valence-electron chi connectivity index (χ2n) is 3.15. The second-order valence-corrected chi connectivity index (χ2v) is 7.02. The van der Waals surface area contributed by atoms with Crippen LogP contribution in [0.1, 0.15) is 5.01 Å². The van der Waals surface area contributed by atoms with E-state index in [0.717, 1.165) is 11.3 Å². The molecule has 0 amide bonds. The van der Waals surface area contributed by atoms with Gasteiger partial charge in [0, 0.05) is 6.07 Å². The fourth-order valence-corrected chi connectivity index (χ4v) is 3.60. The van der Waals surface area contributed by atoms with Crippen LogP contribution in [0.2, 0.25) is 10.4 Å². The average Bonchev–Trinajstić information content (AvgIpc) is 2.62. The van der Waals surface area contributed by atoms with Crippen molar-refractivity contribution in [3.63, 3.8) is 0 Å². The van der Waals surface area contributed by atoms with Gasteiger partial charge in [-0.2, -0.15) is 4.98 Å². The Labute approximate surface area is 117 Å². The van der Waals surface area contributed by atoms with E-state index in [1.807, 2.05) is 0 Å². The summed E-state index contributed by atoms with van der Waals surface area (Å²) in [5.74, 6) is 0.00560. The van der Waals surface area contributed by atoms with Gasteiger partial charge in [-0.3, -0.25) is 4.72 Å². The molecule has 2 rings (SSSR count). The molecule has 6 nitrogen and oxygen atoms in total. The summed E-state index contributed by atoms with van der Waals surface area (Å²) < 4.78 is 26.2. The Morgan fingerprint density at radius 1 is 1.33 bits per heavy atom. The van der Waals surface area contributed by atoms with Crippen LogP contribution in [0, 0.1) is 6.92 Å². The summed E-state index contributed by atoms with van der Waals surface area (Å²) in [6, 6.07) is 1.26. The lowest BCUT2D eigenvalue weighted by Crippen LogP contribution is -2.12. The molecule has 0 aromatic carbocycles. The molecule has 1 N–H and O–H groups in total. The van der Waals surface area contributed by atoms with Gasteiger partial charge in [-0.1, -0.05) is 11.6 Å². The Kier molecular flexibility index (Phi) is 3.71. The first-order chi connectivity index (χ1) is 8.37. The Morgan fingerprint density at radius 2 is 2.06 bits per heavy atom. The molecule has 0 bridgehead atoms. The first-order valence-corrected chi connectivity index (χ1v) is 7.58. The monoisotopic (exact) mass is 324 g/mol. The number of anilines is 1. The third-order valence-electron chi connectivity index (χ3n) is 1.77. The standard InChI is InChI=1S/C8H6Cl2N4O2S2/c1-4-11-3-7(17-4)18(15,16)14-6-2-5(9)12-8(10)13-6/h2-3H,1H3,(H,12,13,14). The first-order valence-electron chi connectivity index (χ1n) is 4.52. The van der Waals surface area contributed by atoms with E-state index >= 15 is 0 Å². The van der Waals surface area contributed by atoms with Crippen LogP contribution in [0.4, 0.5) is 5.82 Å². The zero-order valence-electron chi connectivity index (χ0n) is 8.89. The van der Waals surface area contributed by atoms with E-state index in [-0.39, 0.29) is 20.5 Å². The summed E-state index contributed by atoms with van der Waals surface area (Å²) in [5, 5.41) is 0.558. The quantitative estimate of drug-likeness (QED) is 0.692. The van der Waals surface area contributed by atoms with Gasteiger partial charge < -0.3 is 0 Å². The first kappa shape index (κ1) is 13.5. The van der Waals surface area contributed by atoms with Crippen LogP contribution in [0.25, 0.3) is 0 Å². The van der Waals surface area contributed by atoms with E-state index < -0.39 is 10.0 Å². The third-order valence-corrected chi connectivity index (χ3v) is 4.86. The minimum absolute atomic E-state index is 0.00560. The van der Waals surface area contributed by atoms with Crippen molar-refractivity contribution in [2.75, 3.05) is 4.72 Å². The van der Waals surface area contributed by atoms with Crippen molar-refractivity contribution >= 4 is 50.4 Å². The average molecular weight is 325 g/mol. The molecule has 0 aliphatic heterocycles. The SMILES string of the molecule is Cc1ncc(S(=O)(=O)Nc2cc(Cl)nc(Cl)n2)s1. The van der Waals surface area contributed by atoms with Gasteiger partial charge in [-0.15, -0.1) is 11.3 Å². The van der Waals surface area contributed by atoms with Crippen LogP contribution >= 0.6 is 34.5 Å². The number of hydrogen-bond acceptors (Lipinski definition) is 6. The van der Waals surface area contributed by atoms with E-state index in [9.17, 15) is 8.42 Å². The normalized spacial score (nSPS) is 11.5. The van der Waals surface area contributed by atoms with Crippen LogP contribution < -0.4 is 4.72 Å². The lowest BCUT2D eigenvalue weighted by Gasteiger charge is -2.05. The Bertz CT molecular complexity index is 666. The number of rotatable bonds is 3. The molecule has 0 saturated carbocycles. The molecule has 0 aliphatic rings. The highest BCUT2D eigenvalue weighted by molar-refractivity contribution is 7.94. The van der Waals surface area contributed by atoms with Crippen LogP contribution in [-0.2, 0) is 10.0 Å². The van der Waals surface area contributed by atoms with Gasteiger partial charge in [-0.05, 0) is 18.5 Å². The molecule has 10 heteroatoms. The molecule has 0 aliphatic carbocycles. The number of aromatic nitrogens is 3. The number of aryl methyl sites for hydroxylation is 1. The molecule has 96 valence electrons. The molecule has 18 heavy (non-hydrogen) atoms. The van der Waals surface area contributed by atoms with Crippen molar-refractivity contribution in [1.29, 1.82) is 0 Å². The maximum absolute atomic E-state index is 12.0. The van der Waals surface area contributed by atoms with Crippen molar-refractivity contribution in [2.24, 2.45) is 0 Å². The zero-order valence-corrected chi connectivity index (χ0v) is 12.0. The zero-order chi connectivity index (χ0) is 13.3. The van der Waals surface area contributed by atoms with E-state index in [1.165, 1.54) is 12.3 Å². The topological polar surface area (TPSA) is 84.8 Å². The van der Waals surface area contributed by atoms with Crippen LogP contribution in [0.15, 0.2) is 16.5 Å². The number of sulfonamides is 1. The van der Waals surface area contributed by atoms with Crippen molar-refractivity contribution in [3.8, 4) is 0 Å². The lowest BCUT2D eigenvalue weighted by molar-refractivity contribution is 0.603. The second kappa shape index (κ2) is 4.96. The van der Waals surface area contributed by atoms with Gasteiger partial charge in [0.15, 0.2) is 4.21 Å².